The van der Waals surface area contributed by atoms with Gasteiger partial charge >= 0.3 is 0 Å². The molecule has 0 radical (unpaired) electrons. The summed E-state index contributed by atoms with van der Waals surface area (Å²) >= 11 is 0. The van der Waals surface area contributed by atoms with Gasteiger partial charge in [-0.3, -0.25) is 9.59 Å². The highest BCUT2D eigenvalue weighted by Crippen LogP contribution is 2.30. The quantitative estimate of drug-likeness (QED) is 0.351. The van der Waals surface area contributed by atoms with Crippen LogP contribution >= 0.6 is 0 Å². The number of fused-ring (bicyclic) bond motifs is 4. The molecular weight excluding hydrogens is 566 g/mol. The van der Waals surface area contributed by atoms with E-state index < -0.39 is 22.0 Å². The van der Waals surface area contributed by atoms with Gasteiger partial charge in [0.05, 0.1) is 23.2 Å². The van der Waals surface area contributed by atoms with Crippen molar-refractivity contribution in [1.29, 1.82) is 0 Å². The number of sulfonamides is 1. The second kappa shape index (κ2) is 12.0. The van der Waals surface area contributed by atoms with Crippen molar-refractivity contribution in [3.63, 3.8) is 0 Å². The van der Waals surface area contributed by atoms with Crippen LogP contribution in [0.25, 0.3) is 11.3 Å². The van der Waals surface area contributed by atoms with Crippen LogP contribution in [0.3, 0.4) is 0 Å². The Morgan fingerprint density at radius 2 is 1.72 bits per heavy atom. The van der Waals surface area contributed by atoms with Crippen LogP contribution in [0.4, 0.5) is 5.95 Å². The predicted molar refractivity (Wildman–Crippen MR) is 164 cm³/mol. The molecule has 10 nitrogen and oxygen atoms in total. The summed E-state index contributed by atoms with van der Waals surface area (Å²) in [6.07, 6.45) is 2.22. The average molecular weight is 602 g/mol. The lowest BCUT2D eigenvalue weighted by Gasteiger charge is -2.33. The van der Waals surface area contributed by atoms with Gasteiger partial charge in [-0.15, -0.1) is 0 Å². The van der Waals surface area contributed by atoms with Crippen molar-refractivity contribution in [3.8, 4) is 17.1 Å². The Bertz CT molecular complexity index is 1830. The van der Waals surface area contributed by atoms with Crippen molar-refractivity contribution in [3.05, 3.63) is 99.5 Å². The molecule has 2 aromatic heterocycles. The molecule has 1 amide bonds. The van der Waals surface area contributed by atoms with Gasteiger partial charge < -0.3 is 14.2 Å². The van der Waals surface area contributed by atoms with Gasteiger partial charge in [-0.25, -0.2) is 18.1 Å². The van der Waals surface area contributed by atoms with Gasteiger partial charge in [0.15, 0.2) is 0 Å². The zero-order valence-corrected chi connectivity index (χ0v) is 25.7. The van der Waals surface area contributed by atoms with Crippen LogP contribution in [0.1, 0.15) is 47.3 Å². The SMILES string of the molecule is Cc1cccc(C)c1-c1cc2nc(n1)NS(=O)(=O)c1cccc(c1)C(=O)N(Cc1cccn(C)c1=O)[C@H](CC(C)C)CO2. The van der Waals surface area contributed by atoms with Gasteiger partial charge in [-0.05, 0) is 61.6 Å². The van der Waals surface area contributed by atoms with Crippen molar-refractivity contribution in [2.24, 2.45) is 13.0 Å². The number of nitrogens with zero attached hydrogens (tertiary/aromatic N) is 4. The summed E-state index contributed by atoms with van der Waals surface area (Å²) in [5.74, 6) is -0.215. The molecule has 0 saturated carbocycles. The molecule has 0 aliphatic carbocycles. The van der Waals surface area contributed by atoms with Crippen molar-refractivity contribution < 1.29 is 17.9 Å². The van der Waals surface area contributed by atoms with Crippen LogP contribution in [0.15, 0.2) is 76.6 Å². The molecule has 3 heterocycles. The minimum Gasteiger partial charge on any atom is -0.475 e. The Kier molecular flexibility index (Phi) is 8.36. The molecule has 4 aromatic rings. The maximum Gasteiger partial charge on any atom is 0.264 e. The van der Waals surface area contributed by atoms with Crippen molar-refractivity contribution in [2.75, 3.05) is 11.3 Å². The molecule has 224 valence electrons. The summed E-state index contributed by atoms with van der Waals surface area (Å²) < 4.78 is 37.2. The summed E-state index contributed by atoms with van der Waals surface area (Å²) in [5.41, 5.74) is 3.66. The molecule has 1 aliphatic heterocycles. The van der Waals surface area contributed by atoms with Crippen molar-refractivity contribution >= 4 is 21.9 Å². The fraction of sp³-hybridized carbons (Fsp3) is 0.312. The number of anilines is 1. The molecule has 4 bridgehead atoms. The number of benzene rings is 2. The summed E-state index contributed by atoms with van der Waals surface area (Å²) in [5, 5.41) is 0. The number of aromatic nitrogens is 3. The molecule has 43 heavy (non-hydrogen) atoms. The van der Waals surface area contributed by atoms with Crippen LogP contribution in [-0.4, -0.2) is 46.4 Å². The van der Waals surface area contributed by atoms with E-state index in [4.69, 9.17) is 4.74 Å². The number of pyridine rings is 1. The summed E-state index contributed by atoms with van der Waals surface area (Å²) in [6.45, 7) is 8.09. The maximum atomic E-state index is 14.1. The molecule has 0 saturated heterocycles. The first-order valence-corrected chi connectivity index (χ1v) is 15.6. The van der Waals surface area contributed by atoms with Crippen molar-refractivity contribution in [2.45, 2.75) is 51.6 Å². The lowest BCUT2D eigenvalue weighted by atomic mass is 10.00. The zero-order valence-electron chi connectivity index (χ0n) is 24.9. The van der Waals surface area contributed by atoms with E-state index in [1.165, 1.54) is 22.8 Å². The molecule has 1 atom stereocenters. The van der Waals surface area contributed by atoms with E-state index in [1.807, 2.05) is 45.9 Å². The molecule has 1 aliphatic rings. The normalized spacial score (nSPS) is 16.5. The van der Waals surface area contributed by atoms with Gasteiger partial charge in [-0.1, -0.05) is 44.2 Å². The Hall–Kier alpha value is -4.51. The fourth-order valence-corrected chi connectivity index (χ4v) is 6.36. The van der Waals surface area contributed by atoms with E-state index in [9.17, 15) is 18.0 Å². The van der Waals surface area contributed by atoms with E-state index in [1.54, 1.807) is 42.4 Å². The number of aryl methyl sites for hydroxylation is 3. The van der Waals surface area contributed by atoms with Crippen LogP contribution in [0.5, 0.6) is 5.88 Å². The Morgan fingerprint density at radius 3 is 2.44 bits per heavy atom. The van der Waals surface area contributed by atoms with Gasteiger partial charge in [-0.2, -0.15) is 4.98 Å². The topological polar surface area (TPSA) is 123 Å². The fourth-order valence-electron chi connectivity index (χ4n) is 5.37. The van der Waals surface area contributed by atoms with Gasteiger partial charge in [0.25, 0.3) is 21.5 Å². The first-order valence-electron chi connectivity index (χ1n) is 14.1. The molecule has 1 N–H and O–H groups in total. The third-order valence-corrected chi connectivity index (χ3v) is 8.79. The van der Waals surface area contributed by atoms with E-state index in [-0.39, 0.29) is 46.9 Å². The highest BCUT2D eigenvalue weighted by molar-refractivity contribution is 7.92. The van der Waals surface area contributed by atoms with Crippen molar-refractivity contribution in [1.82, 2.24) is 19.4 Å². The first kappa shape index (κ1) is 30.0. The highest BCUT2D eigenvalue weighted by atomic mass is 32.2. The lowest BCUT2D eigenvalue weighted by Crippen LogP contribution is -2.45. The minimum atomic E-state index is -4.18. The summed E-state index contributed by atoms with van der Waals surface area (Å²) in [7, 11) is -2.52. The second-order valence-corrected chi connectivity index (χ2v) is 13.0. The number of carbonyl (C=O) groups excluding carboxylic acids is 1. The molecule has 5 rings (SSSR count). The number of ether oxygens (including phenoxy) is 1. The molecule has 0 unspecified atom stereocenters. The van der Waals surface area contributed by atoms with E-state index in [0.29, 0.717) is 17.7 Å². The van der Waals surface area contributed by atoms with Crippen LogP contribution in [0, 0.1) is 19.8 Å². The van der Waals surface area contributed by atoms with Gasteiger partial charge in [0.2, 0.25) is 11.8 Å². The molecule has 0 fully saturated rings. The maximum absolute atomic E-state index is 14.1. The molecular formula is C32H35N5O5S. The zero-order chi connectivity index (χ0) is 30.9. The Balaban J connectivity index is 1.69. The van der Waals surface area contributed by atoms with E-state index in [2.05, 4.69) is 14.7 Å². The minimum absolute atomic E-state index is 0.0188. The first-order chi connectivity index (χ1) is 20.4. The van der Waals surface area contributed by atoms with Gasteiger partial charge in [0, 0.05) is 36.0 Å². The largest absolute Gasteiger partial charge is 0.475 e. The monoisotopic (exact) mass is 601 g/mol. The van der Waals surface area contributed by atoms with Gasteiger partial charge in [0.1, 0.15) is 6.61 Å². The lowest BCUT2D eigenvalue weighted by molar-refractivity contribution is 0.0552. The van der Waals surface area contributed by atoms with Crippen LogP contribution < -0.4 is 15.0 Å². The predicted octanol–water partition coefficient (Wildman–Crippen LogP) is 4.71. The number of carbonyl (C=O) groups is 1. The second-order valence-electron chi connectivity index (χ2n) is 11.3. The number of hydrogen-bond acceptors (Lipinski definition) is 7. The third kappa shape index (κ3) is 6.46. The Labute approximate surface area is 251 Å². The molecule has 2 aromatic carbocycles. The van der Waals surface area contributed by atoms with Crippen LogP contribution in [0.2, 0.25) is 0 Å². The number of rotatable bonds is 5. The third-order valence-electron chi connectivity index (χ3n) is 7.47. The van der Waals surface area contributed by atoms with E-state index >= 15 is 0 Å². The standard InChI is InChI=1S/C32H35N5O5S/c1-20(2)15-25-19-42-28-17-27(29-21(3)9-6-10-22(29)4)33-32(34-28)35-43(40,41)26-13-7-11-23(16-26)31(39)37(25)18-24-12-8-14-36(5)30(24)38/h6-14,16-17,20,25H,15,18-19H2,1-5H3,(H,33,34,35)/t25-/m1/s1. The average Bonchev–Trinajstić information content (AvgIpc) is 2.95. The Morgan fingerprint density at radius 1 is 1.00 bits per heavy atom. The highest BCUT2D eigenvalue weighted by Gasteiger charge is 2.30. The number of nitrogens with one attached hydrogen (secondary N) is 1. The summed E-state index contributed by atoms with van der Waals surface area (Å²) in [6, 6.07) is 16.4. The smallest absolute Gasteiger partial charge is 0.264 e. The number of hydrogen-bond donors (Lipinski definition) is 1. The molecule has 11 heteroatoms. The number of amides is 1. The van der Waals surface area contributed by atoms with E-state index in [0.717, 1.165) is 16.7 Å². The summed E-state index contributed by atoms with van der Waals surface area (Å²) in [4.78, 5) is 37.6. The van der Waals surface area contributed by atoms with Crippen LogP contribution in [-0.2, 0) is 23.6 Å². The molecule has 0 spiro atoms.